The molecule has 2 N–H and O–H groups in total. The van der Waals surface area contributed by atoms with E-state index >= 15 is 0 Å². The Balaban J connectivity index is 2.69. The number of nitrogens with two attached hydrogens (primary N) is 1. The number of anilines is 1. The number of carbonyl (C=O) groups excluding carboxylic acids is 1. The van der Waals surface area contributed by atoms with E-state index < -0.39 is 0 Å². The van der Waals surface area contributed by atoms with E-state index in [4.69, 9.17) is 5.73 Å². The van der Waals surface area contributed by atoms with Crippen molar-refractivity contribution < 1.29 is 9.53 Å². The van der Waals surface area contributed by atoms with Gasteiger partial charge in [-0.25, -0.2) is 4.98 Å². The van der Waals surface area contributed by atoms with E-state index in [0.29, 0.717) is 5.13 Å². The Morgan fingerprint density at radius 3 is 2.79 bits per heavy atom. The number of nitrogens with zero attached hydrogens (tertiary/aromatic N) is 1. The molecule has 0 saturated heterocycles. The Labute approximate surface area is 90.9 Å². The first kappa shape index (κ1) is 11.3. The van der Waals surface area contributed by atoms with Crippen molar-refractivity contribution in [2.45, 2.75) is 23.3 Å². The standard InChI is InChI=1S/C8H12N2O2S2/c1-4-7(14-8(9)10-4)13-5(2)6(11)12-3/h5H,1-3H3,(H2,9,10). The molecule has 1 rings (SSSR count). The quantitative estimate of drug-likeness (QED) is 0.634. The van der Waals surface area contributed by atoms with Crippen LogP contribution in [0.3, 0.4) is 0 Å². The first-order valence-corrected chi connectivity index (χ1v) is 5.71. The lowest BCUT2D eigenvalue weighted by molar-refractivity contribution is -0.139. The molecule has 6 heteroatoms. The second-order valence-corrected chi connectivity index (χ2v) is 5.35. The van der Waals surface area contributed by atoms with Gasteiger partial charge in [0.15, 0.2) is 5.13 Å². The molecule has 0 amide bonds. The summed E-state index contributed by atoms with van der Waals surface area (Å²) in [5.41, 5.74) is 6.41. The van der Waals surface area contributed by atoms with Gasteiger partial charge in [0.25, 0.3) is 0 Å². The zero-order valence-corrected chi connectivity index (χ0v) is 9.87. The summed E-state index contributed by atoms with van der Waals surface area (Å²) in [5.74, 6) is -0.235. The molecule has 0 fully saturated rings. The lowest BCUT2D eigenvalue weighted by Gasteiger charge is -2.06. The summed E-state index contributed by atoms with van der Waals surface area (Å²) < 4.78 is 5.60. The average Bonchev–Trinajstić information content (AvgIpc) is 2.44. The van der Waals surface area contributed by atoms with E-state index in [1.54, 1.807) is 6.92 Å². The van der Waals surface area contributed by atoms with E-state index in [2.05, 4.69) is 9.72 Å². The largest absolute Gasteiger partial charge is 0.468 e. The number of carbonyl (C=O) groups is 1. The third-order valence-corrected chi connectivity index (χ3v) is 3.96. The maximum atomic E-state index is 11.1. The maximum absolute atomic E-state index is 11.1. The zero-order valence-electron chi connectivity index (χ0n) is 8.23. The van der Waals surface area contributed by atoms with Gasteiger partial charge in [0.2, 0.25) is 0 Å². The van der Waals surface area contributed by atoms with Gasteiger partial charge in [-0.15, -0.1) is 0 Å². The van der Waals surface area contributed by atoms with Crippen LogP contribution in [0.4, 0.5) is 5.13 Å². The molecular weight excluding hydrogens is 220 g/mol. The van der Waals surface area contributed by atoms with Crippen molar-refractivity contribution >= 4 is 34.2 Å². The molecule has 0 bridgehead atoms. The third kappa shape index (κ3) is 2.62. The van der Waals surface area contributed by atoms with Crippen molar-refractivity contribution in [3.63, 3.8) is 0 Å². The normalized spacial score (nSPS) is 12.5. The number of hydrogen-bond donors (Lipinski definition) is 1. The minimum atomic E-state index is -0.235. The van der Waals surface area contributed by atoms with E-state index in [9.17, 15) is 4.79 Å². The Morgan fingerprint density at radius 2 is 2.36 bits per heavy atom. The lowest BCUT2D eigenvalue weighted by atomic mass is 10.5. The predicted molar refractivity (Wildman–Crippen MR) is 58.6 cm³/mol. The van der Waals surface area contributed by atoms with Crippen molar-refractivity contribution in [2.24, 2.45) is 0 Å². The molecule has 0 saturated carbocycles. The minimum absolute atomic E-state index is 0.224. The van der Waals surface area contributed by atoms with Crippen LogP contribution in [0.1, 0.15) is 12.6 Å². The Bertz CT molecular complexity index is 338. The minimum Gasteiger partial charge on any atom is -0.468 e. The molecule has 14 heavy (non-hydrogen) atoms. The third-order valence-electron chi connectivity index (χ3n) is 1.59. The van der Waals surface area contributed by atoms with Crippen molar-refractivity contribution in [3.8, 4) is 0 Å². The van der Waals surface area contributed by atoms with Crippen LogP contribution in [0.25, 0.3) is 0 Å². The highest BCUT2D eigenvalue weighted by atomic mass is 32.2. The van der Waals surface area contributed by atoms with E-state index in [1.807, 2.05) is 6.92 Å². The smallest absolute Gasteiger partial charge is 0.318 e. The summed E-state index contributed by atoms with van der Waals surface area (Å²) in [6.07, 6.45) is 0. The van der Waals surface area contributed by atoms with E-state index in [0.717, 1.165) is 9.90 Å². The Kier molecular flexibility index (Phi) is 3.77. The SMILES string of the molecule is COC(=O)C(C)Sc1sc(N)nc1C. The highest BCUT2D eigenvalue weighted by Gasteiger charge is 2.17. The van der Waals surface area contributed by atoms with Gasteiger partial charge in [-0.2, -0.15) is 0 Å². The van der Waals surface area contributed by atoms with Crippen LogP contribution >= 0.6 is 23.1 Å². The van der Waals surface area contributed by atoms with Gasteiger partial charge < -0.3 is 10.5 Å². The molecule has 1 aromatic rings. The van der Waals surface area contributed by atoms with Gasteiger partial charge in [0.05, 0.1) is 17.0 Å². The number of esters is 1. The first-order chi connectivity index (χ1) is 6.54. The fraction of sp³-hybridized carbons (Fsp3) is 0.500. The average molecular weight is 232 g/mol. The van der Waals surface area contributed by atoms with Gasteiger partial charge in [-0.3, -0.25) is 4.79 Å². The molecular formula is C8H12N2O2S2. The van der Waals surface area contributed by atoms with Gasteiger partial charge in [-0.1, -0.05) is 23.1 Å². The molecule has 0 aliphatic rings. The number of thiazole rings is 1. The Morgan fingerprint density at radius 1 is 1.71 bits per heavy atom. The number of ether oxygens (including phenoxy) is 1. The van der Waals surface area contributed by atoms with E-state index in [1.165, 1.54) is 30.2 Å². The zero-order chi connectivity index (χ0) is 10.7. The van der Waals surface area contributed by atoms with Gasteiger partial charge >= 0.3 is 5.97 Å². The molecule has 0 spiro atoms. The molecule has 0 aliphatic heterocycles. The molecule has 0 aromatic carbocycles. The monoisotopic (exact) mass is 232 g/mol. The first-order valence-electron chi connectivity index (χ1n) is 4.02. The summed E-state index contributed by atoms with van der Waals surface area (Å²) in [5, 5.41) is 0.306. The molecule has 1 unspecified atom stereocenters. The molecule has 0 aliphatic carbocycles. The highest BCUT2D eigenvalue weighted by Crippen LogP contribution is 2.33. The molecule has 4 nitrogen and oxygen atoms in total. The van der Waals surface area contributed by atoms with Crippen LogP contribution in [-0.2, 0) is 9.53 Å². The highest BCUT2D eigenvalue weighted by molar-refractivity contribution is 8.02. The van der Waals surface area contributed by atoms with Crippen molar-refractivity contribution in [1.82, 2.24) is 4.98 Å². The van der Waals surface area contributed by atoms with Crippen molar-refractivity contribution in [2.75, 3.05) is 12.8 Å². The number of rotatable bonds is 3. The van der Waals surface area contributed by atoms with Crippen molar-refractivity contribution in [3.05, 3.63) is 5.69 Å². The number of methoxy groups -OCH3 is 1. The molecule has 78 valence electrons. The lowest BCUT2D eigenvalue weighted by Crippen LogP contribution is -2.14. The summed E-state index contributed by atoms with van der Waals surface area (Å²) in [4.78, 5) is 15.2. The van der Waals surface area contributed by atoms with Crippen LogP contribution in [0.15, 0.2) is 4.21 Å². The summed E-state index contributed by atoms with van der Waals surface area (Å²) in [7, 11) is 1.38. The summed E-state index contributed by atoms with van der Waals surface area (Å²) >= 11 is 2.82. The topological polar surface area (TPSA) is 65.2 Å². The fourth-order valence-corrected chi connectivity index (χ4v) is 3.06. The summed E-state index contributed by atoms with van der Waals surface area (Å²) in [6.45, 7) is 3.67. The Hall–Kier alpha value is -0.750. The predicted octanol–water partition coefficient (Wildman–Crippen LogP) is 1.69. The van der Waals surface area contributed by atoms with Gasteiger partial charge in [0, 0.05) is 0 Å². The fourth-order valence-electron chi connectivity index (χ4n) is 0.887. The number of hydrogen-bond acceptors (Lipinski definition) is 6. The second kappa shape index (κ2) is 4.65. The van der Waals surface area contributed by atoms with Crippen LogP contribution < -0.4 is 5.73 Å². The van der Waals surface area contributed by atoms with Crippen LogP contribution in [-0.4, -0.2) is 23.3 Å². The maximum Gasteiger partial charge on any atom is 0.318 e. The van der Waals surface area contributed by atoms with Crippen molar-refractivity contribution in [1.29, 1.82) is 0 Å². The number of nitrogen functional groups attached to an aromatic ring is 1. The molecule has 1 aromatic heterocycles. The van der Waals surface area contributed by atoms with E-state index in [-0.39, 0.29) is 11.2 Å². The van der Waals surface area contributed by atoms with Gasteiger partial charge in [0.1, 0.15) is 5.25 Å². The second-order valence-electron chi connectivity index (χ2n) is 2.71. The summed E-state index contributed by atoms with van der Waals surface area (Å²) in [6, 6.07) is 0. The van der Waals surface area contributed by atoms with Crippen LogP contribution in [0.2, 0.25) is 0 Å². The van der Waals surface area contributed by atoms with Crippen LogP contribution in [0, 0.1) is 6.92 Å². The molecule has 0 radical (unpaired) electrons. The molecule has 1 atom stereocenters. The number of thioether (sulfide) groups is 1. The van der Waals surface area contributed by atoms with Crippen LogP contribution in [0.5, 0.6) is 0 Å². The number of aryl methyl sites for hydroxylation is 1. The molecule has 1 heterocycles. The van der Waals surface area contributed by atoms with Gasteiger partial charge in [-0.05, 0) is 13.8 Å². The number of aromatic nitrogens is 1.